The zero-order valence-electron chi connectivity index (χ0n) is 11.9. The van der Waals surface area contributed by atoms with Crippen LogP contribution in [0.15, 0.2) is 18.2 Å². The first kappa shape index (κ1) is 13.4. The molecule has 0 amide bonds. The van der Waals surface area contributed by atoms with Crippen molar-refractivity contribution < 1.29 is 4.74 Å². The fraction of sp³-hybridized carbons (Fsp3) is 0.600. The molecule has 2 unspecified atom stereocenters. The van der Waals surface area contributed by atoms with Gasteiger partial charge in [0.25, 0.3) is 0 Å². The van der Waals surface area contributed by atoms with Crippen LogP contribution < -0.4 is 10.1 Å². The minimum atomic E-state index is 0.577. The van der Waals surface area contributed by atoms with Gasteiger partial charge in [0.1, 0.15) is 5.75 Å². The van der Waals surface area contributed by atoms with Gasteiger partial charge >= 0.3 is 0 Å². The fourth-order valence-electron chi connectivity index (χ4n) is 2.87. The zero-order valence-corrected chi connectivity index (χ0v) is 11.9. The lowest BCUT2D eigenvalue weighted by Crippen LogP contribution is -2.53. The number of nitrogens with one attached hydrogen (secondary N) is 1. The Morgan fingerprint density at radius 2 is 1.94 bits per heavy atom. The average molecular weight is 248 g/mol. The molecule has 0 saturated carbocycles. The summed E-state index contributed by atoms with van der Waals surface area (Å²) in [6, 6.07) is 7.63. The van der Waals surface area contributed by atoms with E-state index in [0.717, 1.165) is 25.4 Å². The van der Waals surface area contributed by atoms with Crippen LogP contribution in [0.5, 0.6) is 5.75 Å². The summed E-state index contributed by atoms with van der Waals surface area (Å²) in [5, 5.41) is 3.56. The van der Waals surface area contributed by atoms with E-state index >= 15 is 0 Å². The Morgan fingerprint density at radius 1 is 1.28 bits per heavy atom. The normalized spacial score (nSPS) is 25.1. The predicted molar refractivity (Wildman–Crippen MR) is 75.1 cm³/mol. The van der Waals surface area contributed by atoms with E-state index in [1.807, 2.05) is 0 Å². The van der Waals surface area contributed by atoms with Crippen molar-refractivity contribution in [3.8, 4) is 5.75 Å². The largest absolute Gasteiger partial charge is 0.496 e. The number of piperazine rings is 1. The molecule has 0 aliphatic carbocycles. The molecule has 2 atom stereocenters. The van der Waals surface area contributed by atoms with Crippen LogP contribution in [0.25, 0.3) is 0 Å². The maximum atomic E-state index is 5.30. The topological polar surface area (TPSA) is 24.5 Å². The van der Waals surface area contributed by atoms with Crippen LogP contribution in [0.4, 0.5) is 0 Å². The van der Waals surface area contributed by atoms with Crippen molar-refractivity contribution in [2.75, 3.05) is 20.2 Å². The summed E-state index contributed by atoms with van der Waals surface area (Å²) in [7, 11) is 1.72. The van der Waals surface area contributed by atoms with Crippen LogP contribution in [0.3, 0.4) is 0 Å². The van der Waals surface area contributed by atoms with Crippen LogP contribution in [0.2, 0.25) is 0 Å². The van der Waals surface area contributed by atoms with Gasteiger partial charge in [0.05, 0.1) is 7.11 Å². The molecule has 1 aromatic carbocycles. The zero-order chi connectivity index (χ0) is 13.1. The average Bonchev–Trinajstić information content (AvgIpc) is 2.27. The second-order valence-electron chi connectivity index (χ2n) is 5.47. The summed E-state index contributed by atoms with van der Waals surface area (Å²) in [6.45, 7) is 9.88. The molecule has 1 saturated heterocycles. The van der Waals surface area contributed by atoms with Crippen molar-refractivity contribution in [2.24, 2.45) is 0 Å². The molecule has 1 aliphatic heterocycles. The van der Waals surface area contributed by atoms with Crippen LogP contribution in [0, 0.1) is 6.92 Å². The Labute approximate surface area is 110 Å². The molecule has 3 heteroatoms. The van der Waals surface area contributed by atoms with Crippen LogP contribution in [0.1, 0.15) is 25.0 Å². The minimum Gasteiger partial charge on any atom is -0.496 e. The molecule has 0 radical (unpaired) electrons. The summed E-state index contributed by atoms with van der Waals surface area (Å²) < 4.78 is 5.30. The molecule has 1 aromatic rings. The third-order valence-electron chi connectivity index (χ3n) is 3.50. The number of benzene rings is 1. The maximum absolute atomic E-state index is 5.30. The molecule has 1 heterocycles. The van der Waals surface area contributed by atoms with E-state index in [-0.39, 0.29) is 0 Å². The maximum Gasteiger partial charge on any atom is 0.121 e. The van der Waals surface area contributed by atoms with Gasteiger partial charge in [0.15, 0.2) is 0 Å². The van der Waals surface area contributed by atoms with Crippen LogP contribution in [-0.2, 0) is 6.54 Å². The van der Waals surface area contributed by atoms with Crippen molar-refractivity contribution in [1.29, 1.82) is 0 Å². The lowest BCUT2D eigenvalue weighted by atomic mass is 10.1. The standard InChI is InChI=1S/C15H24N2O/c1-11-7-14(5-6-15(11)18-4)10-17-8-12(2)16-13(3)9-17/h5-7,12-13,16H,8-10H2,1-4H3. The van der Waals surface area contributed by atoms with Gasteiger partial charge in [-0.3, -0.25) is 4.90 Å². The Morgan fingerprint density at radius 3 is 2.50 bits per heavy atom. The number of hydrogen-bond donors (Lipinski definition) is 1. The van der Waals surface area contributed by atoms with E-state index in [1.54, 1.807) is 7.11 Å². The summed E-state index contributed by atoms with van der Waals surface area (Å²) in [4.78, 5) is 2.52. The van der Waals surface area contributed by atoms with E-state index in [4.69, 9.17) is 4.74 Å². The van der Waals surface area contributed by atoms with Crippen molar-refractivity contribution >= 4 is 0 Å². The Kier molecular flexibility index (Phi) is 4.25. The smallest absolute Gasteiger partial charge is 0.121 e. The highest BCUT2D eigenvalue weighted by Crippen LogP contribution is 2.20. The molecule has 0 bridgehead atoms. The molecular weight excluding hydrogens is 224 g/mol. The van der Waals surface area contributed by atoms with E-state index in [9.17, 15) is 0 Å². The van der Waals surface area contributed by atoms with Gasteiger partial charge in [0.2, 0.25) is 0 Å². The molecule has 1 fully saturated rings. The summed E-state index contributed by atoms with van der Waals surface area (Å²) in [5.41, 5.74) is 2.58. The Balaban J connectivity index is 2.02. The van der Waals surface area contributed by atoms with Gasteiger partial charge in [-0.05, 0) is 38.0 Å². The molecule has 100 valence electrons. The first-order chi connectivity index (χ1) is 8.58. The highest BCUT2D eigenvalue weighted by molar-refractivity contribution is 5.36. The number of methoxy groups -OCH3 is 1. The minimum absolute atomic E-state index is 0.577. The van der Waals surface area contributed by atoms with Crippen molar-refractivity contribution in [3.63, 3.8) is 0 Å². The number of ether oxygens (including phenoxy) is 1. The van der Waals surface area contributed by atoms with Gasteiger partial charge in [-0.15, -0.1) is 0 Å². The van der Waals surface area contributed by atoms with Gasteiger partial charge in [-0.25, -0.2) is 0 Å². The monoisotopic (exact) mass is 248 g/mol. The van der Waals surface area contributed by atoms with Gasteiger partial charge in [0, 0.05) is 31.7 Å². The number of rotatable bonds is 3. The summed E-state index contributed by atoms with van der Waals surface area (Å²) in [6.07, 6.45) is 0. The third kappa shape index (κ3) is 3.24. The molecule has 2 rings (SSSR count). The van der Waals surface area contributed by atoms with E-state index in [2.05, 4.69) is 49.2 Å². The fourth-order valence-corrected chi connectivity index (χ4v) is 2.87. The number of aryl methyl sites for hydroxylation is 1. The molecule has 1 aliphatic rings. The highest BCUT2D eigenvalue weighted by atomic mass is 16.5. The number of hydrogen-bond acceptors (Lipinski definition) is 3. The molecule has 18 heavy (non-hydrogen) atoms. The molecule has 0 aromatic heterocycles. The molecule has 0 spiro atoms. The highest BCUT2D eigenvalue weighted by Gasteiger charge is 2.20. The summed E-state index contributed by atoms with van der Waals surface area (Å²) in [5.74, 6) is 0.973. The van der Waals surface area contributed by atoms with E-state index in [1.165, 1.54) is 11.1 Å². The SMILES string of the molecule is COc1ccc(CN2CC(C)NC(C)C2)cc1C. The molecule has 1 N–H and O–H groups in total. The quantitative estimate of drug-likeness (QED) is 0.887. The second-order valence-corrected chi connectivity index (χ2v) is 5.47. The van der Waals surface area contributed by atoms with Gasteiger partial charge < -0.3 is 10.1 Å². The first-order valence-corrected chi connectivity index (χ1v) is 6.70. The molecule has 3 nitrogen and oxygen atoms in total. The Hall–Kier alpha value is -1.06. The first-order valence-electron chi connectivity index (χ1n) is 6.70. The lowest BCUT2D eigenvalue weighted by molar-refractivity contribution is 0.166. The van der Waals surface area contributed by atoms with Crippen LogP contribution >= 0.6 is 0 Å². The predicted octanol–water partition coefficient (Wildman–Crippen LogP) is 2.19. The van der Waals surface area contributed by atoms with Gasteiger partial charge in [-0.1, -0.05) is 12.1 Å². The third-order valence-corrected chi connectivity index (χ3v) is 3.50. The van der Waals surface area contributed by atoms with Crippen LogP contribution in [-0.4, -0.2) is 37.2 Å². The summed E-state index contributed by atoms with van der Waals surface area (Å²) >= 11 is 0. The Bertz CT molecular complexity index is 395. The van der Waals surface area contributed by atoms with Crippen molar-refractivity contribution in [2.45, 2.75) is 39.4 Å². The second kappa shape index (κ2) is 5.72. The van der Waals surface area contributed by atoms with Crippen molar-refractivity contribution in [3.05, 3.63) is 29.3 Å². The molecular formula is C15H24N2O. The number of nitrogens with zero attached hydrogens (tertiary/aromatic N) is 1. The van der Waals surface area contributed by atoms with E-state index in [0.29, 0.717) is 12.1 Å². The van der Waals surface area contributed by atoms with Crippen molar-refractivity contribution in [1.82, 2.24) is 10.2 Å². The van der Waals surface area contributed by atoms with E-state index < -0.39 is 0 Å². The van der Waals surface area contributed by atoms with Gasteiger partial charge in [-0.2, -0.15) is 0 Å². The lowest BCUT2D eigenvalue weighted by Gasteiger charge is -2.36.